The van der Waals surface area contributed by atoms with Gasteiger partial charge < -0.3 is 0 Å². The first-order valence-corrected chi connectivity index (χ1v) is 8.01. The number of rotatable bonds is 14. The standard InChI is InChI=1S/C16H32F2/c1-2-3-4-5-6-7-8-9-10-11-12-13-14-16(18)15-17/h16H,2-15H2,1H3. The Morgan fingerprint density at radius 1 is 0.667 bits per heavy atom. The molecule has 0 aliphatic rings. The van der Waals surface area contributed by atoms with Crippen molar-refractivity contribution in [2.75, 3.05) is 6.67 Å². The third kappa shape index (κ3) is 13.9. The summed E-state index contributed by atoms with van der Waals surface area (Å²) in [5.74, 6) is 0. The average Bonchev–Trinajstić information content (AvgIpc) is 2.39. The lowest BCUT2D eigenvalue weighted by Crippen LogP contribution is -2.01. The molecule has 0 rings (SSSR count). The van der Waals surface area contributed by atoms with Crippen molar-refractivity contribution in [1.82, 2.24) is 0 Å². The highest BCUT2D eigenvalue weighted by molar-refractivity contribution is 4.54. The van der Waals surface area contributed by atoms with Crippen LogP contribution in [0.1, 0.15) is 90.4 Å². The molecule has 1 atom stereocenters. The zero-order valence-corrected chi connectivity index (χ0v) is 12.2. The fraction of sp³-hybridized carbons (Fsp3) is 1.00. The molecule has 0 aromatic heterocycles. The van der Waals surface area contributed by atoms with E-state index in [1.54, 1.807) is 0 Å². The molecule has 0 N–H and O–H groups in total. The molecule has 110 valence electrons. The van der Waals surface area contributed by atoms with Gasteiger partial charge in [-0.2, -0.15) is 0 Å². The Bertz CT molecular complexity index is 148. The van der Waals surface area contributed by atoms with E-state index in [0.29, 0.717) is 6.42 Å². The minimum absolute atomic E-state index is 0.411. The molecule has 0 nitrogen and oxygen atoms in total. The number of hydrogen-bond acceptors (Lipinski definition) is 0. The van der Waals surface area contributed by atoms with Crippen LogP contribution < -0.4 is 0 Å². The zero-order chi connectivity index (χ0) is 13.5. The molecular weight excluding hydrogens is 230 g/mol. The molecule has 18 heavy (non-hydrogen) atoms. The van der Waals surface area contributed by atoms with Gasteiger partial charge in [0.25, 0.3) is 0 Å². The van der Waals surface area contributed by atoms with E-state index in [2.05, 4.69) is 6.92 Å². The Balaban J connectivity index is 2.94. The Morgan fingerprint density at radius 3 is 1.44 bits per heavy atom. The maximum Gasteiger partial charge on any atom is 0.128 e. The van der Waals surface area contributed by atoms with Gasteiger partial charge in [-0.05, 0) is 6.42 Å². The highest BCUT2D eigenvalue weighted by Gasteiger charge is 2.03. The second kappa shape index (κ2) is 14.9. The number of hydrogen-bond donors (Lipinski definition) is 0. The van der Waals surface area contributed by atoms with Crippen molar-refractivity contribution in [2.45, 2.75) is 96.6 Å². The van der Waals surface area contributed by atoms with Crippen LogP contribution in [0.15, 0.2) is 0 Å². The lowest BCUT2D eigenvalue weighted by molar-refractivity contribution is 0.241. The molecule has 0 amide bonds. The summed E-state index contributed by atoms with van der Waals surface area (Å²) in [5, 5.41) is 0. The first kappa shape index (κ1) is 17.9. The van der Waals surface area contributed by atoms with Crippen LogP contribution in [0.2, 0.25) is 0 Å². The van der Waals surface area contributed by atoms with Gasteiger partial charge in [-0.15, -0.1) is 0 Å². The monoisotopic (exact) mass is 262 g/mol. The molecule has 0 bridgehead atoms. The molecule has 0 fully saturated rings. The van der Waals surface area contributed by atoms with Gasteiger partial charge in [0.15, 0.2) is 0 Å². The number of unbranched alkanes of at least 4 members (excludes halogenated alkanes) is 11. The quantitative estimate of drug-likeness (QED) is 0.318. The summed E-state index contributed by atoms with van der Waals surface area (Å²) in [4.78, 5) is 0. The maximum atomic E-state index is 12.6. The molecule has 0 heterocycles. The van der Waals surface area contributed by atoms with E-state index >= 15 is 0 Å². The number of halogens is 2. The SMILES string of the molecule is CCCCCCCCCCCCCCC(F)CF. The van der Waals surface area contributed by atoms with Crippen LogP contribution in [0.4, 0.5) is 8.78 Å². The zero-order valence-electron chi connectivity index (χ0n) is 12.2. The average molecular weight is 262 g/mol. The largest absolute Gasteiger partial charge is 0.248 e. The predicted molar refractivity (Wildman–Crippen MR) is 76.6 cm³/mol. The van der Waals surface area contributed by atoms with Crippen LogP contribution in [-0.4, -0.2) is 12.8 Å². The normalized spacial score (nSPS) is 12.8. The van der Waals surface area contributed by atoms with Gasteiger partial charge in [-0.25, -0.2) is 8.78 Å². The van der Waals surface area contributed by atoms with Crippen molar-refractivity contribution in [2.24, 2.45) is 0 Å². The summed E-state index contributed by atoms with van der Waals surface area (Å²) < 4.78 is 24.4. The highest BCUT2D eigenvalue weighted by Crippen LogP contribution is 2.13. The van der Waals surface area contributed by atoms with Crippen molar-refractivity contribution in [3.05, 3.63) is 0 Å². The van der Waals surface area contributed by atoms with Crippen molar-refractivity contribution in [1.29, 1.82) is 0 Å². The van der Waals surface area contributed by atoms with E-state index in [9.17, 15) is 8.78 Å². The summed E-state index contributed by atoms with van der Waals surface area (Å²) in [6, 6.07) is 0. The molecule has 0 aliphatic carbocycles. The smallest absolute Gasteiger partial charge is 0.128 e. The van der Waals surface area contributed by atoms with E-state index in [-0.39, 0.29) is 0 Å². The molecule has 0 radical (unpaired) electrons. The molecule has 2 heteroatoms. The van der Waals surface area contributed by atoms with Crippen LogP contribution in [0, 0.1) is 0 Å². The van der Waals surface area contributed by atoms with Gasteiger partial charge in [0.1, 0.15) is 12.8 Å². The van der Waals surface area contributed by atoms with Gasteiger partial charge in [0, 0.05) is 0 Å². The summed E-state index contributed by atoms with van der Waals surface area (Å²) >= 11 is 0. The summed E-state index contributed by atoms with van der Waals surface area (Å²) in [6.07, 6.45) is 14.5. The fourth-order valence-corrected chi connectivity index (χ4v) is 2.28. The topological polar surface area (TPSA) is 0 Å². The van der Waals surface area contributed by atoms with E-state index in [1.807, 2.05) is 0 Å². The van der Waals surface area contributed by atoms with Crippen molar-refractivity contribution >= 4 is 0 Å². The van der Waals surface area contributed by atoms with Gasteiger partial charge in [0.05, 0.1) is 0 Å². The van der Waals surface area contributed by atoms with E-state index in [1.165, 1.54) is 64.2 Å². The van der Waals surface area contributed by atoms with E-state index in [0.717, 1.165) is 12.8 Å². The first-order chi connectivity index (χ1) is 8.81. The van der Waals surface area contributed by atoms with Gasteiger partial charge in [-0.3, -0.25) is 0 Å². The molecular formula is C16H32F2. The number of alkyl halides is 2. The van der Waals surface area contributed by atoms with Gasteiger partial charge in [-0.1, -0.05) is 84.0 Å². The second-order valence-electron chi connectivity index (χ2n) is 5.43. The summed E-state index contributed by atoms with van der Waals surface area (Å²) in [7, 11) is 0. The Morgan fingerprint density at radius 2 is 1.06 bits per heavy atom. The molecule has 0 aromatic carbocycles. The lowest BCUT2D eigenvalue weighted by Gasteiger charge is -2.04. The molecule has 1 unspecified atom stereocenters. The third-order valence-corrected chi connectivity index (χ3v) is 3.54. The first-order valence-electron chi connectivity index (χ1n) is 8.01. The maximum absolute atomic E-state index is 12.6. The fourth-order valence-electron chi connectivity index (χ4n) is 2.28. The minimum Gasteiger partial charge on any atom is -0.248 e. The Labute approximate surface area is 113 Å². The molecule has 0 spiro atoms. The van der Waals surface area contributed by atoms with Crippen LogP contribution in [-0.2, 0) is 0 Å². The Kier molecular flexibility index (Phi) is 14.8. The molecule has 0 saturated heterocycles. The summed E-state index contributed by atoms with van der Waals surface area (Å²) in [5.41, 5.74) is 0. The molecule has 0 aliphatic heterocycles. The highest BCUT2D eigenvalue weighted by atomic mass is 19.2. The van der Waals surface area contributed by atoms with Crippen molar-refractivity contribution in [3.8, 4) is 0 Å². The third-order valence-electron chi connectivity index (χ3n) is 3.54. The van der Waals surface area contributed by atoms with Gasteiger partial charge in [0.2, 0.25) is 0 Å². The van der Waals surface area contributed by atoms with Crippen LogP contribution in [0.5, 0.6) is 0 Å². The van der Waals surface area contributed by atoms with Crippen LogP contribution in [0.3, 0.4) is 0 Å². The van der Waals surface area contributed by atoms with E-state index in [4.69, 9.17) is 0 Å². The molecule has 0 saturated carbocycles. The van der Waals surface area contributed by atoms with Gasteiger partial charge >= 0.3 is 0 Å². The van der Waals surface area contributed by atoms with Crippen LogP contribution in [0.25, 0.3) is 0 Å². The lowest BCUT2D eigenvalue weighted by atomic mass is 10.0. The minimum atomic E-state index is -1.21. The summed E-state index contributed by atoms with van der Waals surface area (Å²) in [6.45, 7) is 1.44. The Hall–Kier alpha value is -0.140. The second-order valence-corrected chi connectivity index (χ2v) is 5.43. The van der Waals surface area contributed by atoms with Crippen molar-refractivity contribution < 1.29 is 8.78 Å². The van der Waals surface area contributed by atoms with Crippen LogP contribution >= 0.6 is 0 Å². The molecule has 0 aromatic rings. The predicted octanol–water partition coefficient (Wildman–Crippen LogP) is 6.39. The van der Waals surface area contributed by atoms with E-state index < -0.39 is 12.8 Å². The van der Waals surface area contributed by atoms with Crippen molar-refractivity contribution in [3.63, 3.8) is 0 Å².